The lowest BCUT2D eigenvalue weighted by atomic mass is 9.70. The summed E-state index contributed by atoms with van der Waals surface area (Å²) >= 11 is 0. The Morgan fingerprint density at radius 3 is 2.26 bits per heavy atom. The zero-order valence-electron chi connectivity index (χ0n) is 27.4. The average Bonchev–Trinajstić information content (AvgIpc) is 3.53. The molecule has 0 radical (unpaired) electrons. The van der Waals surface area contributed by atoms with E-state index in [2.05, 4.69) is 71.0 Å². The summed E-state index contributed by atoms with van der Waals surface area (Å²) in [6.45, 7) is 8.32. The van der Waals surface area contributed by atoms with E-state index in [0.29, 0.717) is 42.3 Å². The number of fused-ring (bicyclic) bond motifs is 3. The molecule has 7 rings (SSSR count). The van der Waals surface area contributed by atoms with Gasteiger partial charge in [-0.1, -0.05) is 48.5 Å². The Hall–Kier alpha value is -3.97. The van der Waals surface area contributed by atoms with Crippen LogP contribution in [0.15, 0.2) is 78.9 Å². The first-order chi connectivity index (χ1) is 22.3. The molecule has 3 fully saturated rings. The maximum Gasteiger partial charge on any atom is 0.338 e. The second-order valence-electron chi connectivity index (χ2n) is 14.0. The van der Waals surface area contributed by atoms with Crippen LogP contribution in [0.25, 0.3) is 11.0 Å². The number of hydrogen-bond acceptors (Lipinski definition) is 5. The number of para-hydroxylation sites is 2. The lowest BCUT2D eigenvalue weighted by Crippen LogP contribution is -2.49. The largest absolute Gasteiger partial charge is 0.459 e. The van der Waals surface area contributed by atoms with Crippen molar-refractivity contribution in [2.45, 2.75) is 95.4 Å². The van der Waals surface area contributed by atoms with Gasteiger partial charge in [0.25, 0.3) is 5.91 Å². The van der Waals surface area contributed by atoms with Crippen molar-refractivity contribution in [1.29, 1.82) is 0 Å². The van der Waals surface area contributed by atoms with Crippen molar-refractivity contribution < 1.29 is 14.3 Å². The third-order valence-corrected chi connectivity index (χ3v) is 10.9. The van der Waals surface area contributed by atoms with Crippen LogP contribution in [0.1, 0.15) is 96.9 Å². The van der Waals surface area contributed by atoms with Crippen molar-refractivity contribution >= 4 is 22.9 Å². The predicted molar refractivity (Wildman–Crippen MR) is 181 cm³/mol. The Bertz CT molecular complexity index is 1690. The molecule has 1 aromatic heterocycles. The Morgan fingerprint density at radius 2 is 1.54 bits per heavy atom. The summed E-state index contributed by atoms with van der Waals surface area (Å²) in [5.41, 5.74) is 4.77. The van der Waals surface area contributed by atoms with E-state index >= 15 is 0 Å². The second-order valence-corrected chi connectivity index (χ2v) is 14.0. The number of amides is 1. The third kappa shape index (κ3) is 5.86. The highest BCUT2D eigenvalue weighted by Crippen LogP contribution is 2.45. The fourth-order valence-corrected chi connectivity index (χ4v) is 8.65. The van der Waals surface area contributed by atoms with Gasteiger partial charge in [0.2, 0.25) is 0 Å². The number of benzene rings is 3. The monoisotopic (exact) mass is 618 g/mol. The summed E-state index contributed by atoms with van der Waals surface area (Å²) < 4.78 is 7.88. The summed E-state index contributed by atoms with van der Waals surface area (Å²) in [7, 11) is 0. The first-order valence-electron chi connectivity index (χ1n) is 17.2. The van der Waals surface area contributed by atoms with Crippen LogP contribution in [-0.2, 0) is 10.2 Å². The van der Waals surface area contributed by atoms with Crippen LogP contribution in [-0.4, -0.2) is 69.0 Å². The normalized spacial score (nSPS) is 22.8. The van der Waals surface area contributed by atoms with E-state index < -0.39 is 5.97 Å². The summed E-state index contributed by atoms with van der Waals surface area (Å²) in [4.78, 5) is 35.8. The molecular formula is C39H46N4O3. The lowest BCUT2D eigenvalue weighted by Gasteiger charge is -2.45. The van der Waals surface area contributed by atoms with Crippen molar-refractivity contribution in [3.8, 4) is 0 Å². The number of aromatic nitrogens is 2. The number of carbonyl (C=O) groups excluding carboxylic acids is 2. The van der Waals surface area contributed by atoms with Gasteiger partial charge in [0.1, 0.15) is 5.82 Å². The van der Waals surface area contributed by atoms with E-state index in [1.54, 1.807) is 24.3 Å². The second kappa shape index (κ2) is 12.7. The van der Waals surface area contributed by atoms with Gasteiger partial charge in [0, 0.05) is 36.8 Å². The number of ether oxygens (including phenoxy) is 1. The molecule has 3 aliphatic heterocycles. The first-order valence-corrected chi connectivity index (χ1v) is 17.2. The molecule has 0 N–H and O–H groups in total. The van der Waals surface area contributed by atoms with Gasteiger partial charge < -0.3 is 14.2 Å². The molecule has 4 aromatic rings. The van der Waals surface area contributed by atoms with Crippen LogP contribution in [0, 0.1) is 6.92 Å². The van der Waals surface area contributed by atoms with Crippen molar-refractivity contribution in [3.63, 3.8) is 0 Å². The molecule has 3 aromatic carbocycles. The Balaban J connectivity index is 1.04. The van der Waals surface area contributed by atoms with Gasteiger partial charge in [-0.15, -0.1) is 0 Å². The molecule has 7 heteroatoms. The van der Waals surface area contributed by atoms with Crippen LogP contribution in [0.5, 0.6) is 0 Å². The van der Waals surface area contributed by atoms with Gasteiger partial charge >= 0.3 is 5.97 Å². The molecule has 1 amide bonds. The van der Waals surface area contributed by atoms with Crippen LogP contribution in [0.3, 0.4) is 0 Å². The van der Waals surface area contributed by atoms with E-state index in [1.165, 1.54) is 36.8 Å². The summed E-state index contributed by atoms with van der Waals surface area (Å²) in [5, 5.41) is 0. The quantitative estimate of drug-likeness (QED) is 0.193. The molecule has 7 nitrogen and oxygen atoms in total. The Morgan fingerprint density at radius 1 is 0.870 bits per heavy atom. The molecule has 2 atom stereocenters. The van der Waals surface area contributed by atoms with Crippen LogP contribution >= 0.6 is 0 Å². The van der Waals surface area contributed by atoms with Crippen molar-refractivity contribution in [2.75, 3.05) is 19.6 Å². The van der Waals surface area contributed by atoms with Gasteiger partial charge in [-0.05, 0) is 114 Å². The summed E-state index contributed by atoms with van der Waals surface area (Å²) in [6.07, 6.45) is 7.68. The zero-order valence-corrected chi connectivity index (χ0v) is 27.4. The highest BCUT2D eigenvalue weighted by atomic mass is 16.5. The van der Waals surface area contributed by atoms with Gasteiger partial charge in [0.15, 0.2) is 0 Å². The highest BCUT2D eigenvalue weighted by Gasteiger charge is 2.44. The topological polar surface area (TPSA) is 67.7 Å². The highest BCUT2D eigenvalue weighted by molar-refractivity contribution is 5.98. The van der Waals surface area contributed by atoms with E-state index in [0.717, 1.165) is 37.1 Å². The van der Waals surface area contributed by atoms with Crippen LogP contribution in [0.4, 0.5) is 0 Å². The fraction of sp³-hybridized carbons (Fsp3) is 0.462. The van der Waals surface area contributed by atoms with E-state index in [-0.39, 0.29) is 17.4 Å². The minimum absolute atomic E-state index is 0.0108. The maximum absolute atomic E-state index is 13.6. The molecule has 0 spiro atoms. The number of imidazole rings is 1. The number of piperidine rings is 2. The lowest BCUT2D eigenvalue weighted by molar-refractivity contribution is 0.0378. The predicted octanol–water partition coefficient (Wildman–Crippen LogP) is 7.34. The number of nitrogens with zero attached hydrogens (tertiary/aromatic N) is 4. The molecule has 3 saturated heterocycles. The molecular weight excluding hydrogens is 572 g/mol. The van der Waals surface area contributed by atoms with Crippen molar-refractivity contribution in [3.05, 3.63) is 101 Å². The molecule has 4 heterocycles. The third-order valence-electron chi connectivity index (χ3n) is 10.9. The van der Waals surface area contributed by atoms with E-state index in [4.69, 9.17) is 9.72 Å². The van der Waals surface area contributed by atoms with E-state index in [9.17, 15) is 9.59 Å². The number of likely N-dealkylation sites (tertiary alicyclic amines) is 1. The fourth-order valence-electron chi connectivity index (χ4n) is 8.65. The first kappa shape index (κ1) is 30.7. The number of carbonyl (C=O) groups is 2. The molecule has 0 saturated carbocycles. The van der Waals surface area contributed by atoms with Crippen LogP contribution in [0.2, 0.25) is 0 Å². The molecule has 240 valence electrons. The zero-order chi connectivity index (χ0) is 31.8. The Labute approximate surface area is 272 Å². The molecule has 2 unspecified atom stereocenters. The molecule has 2 bridgehead atoms. The number of aryl methyl sites for hydroxylation is 1. The minimum Gasteiger partial charge on any atom is -0.459 e. The average molecular weight is 619 g/mol. The Kier molecular flexibility index (Phi) is 8.45. The van der Waals surface area contributed by atoms with Gasteiger partial charge in [-0.25, -0.2) is 9.78 Å². The minimum atomic E-state index is -0.391. The maximum atomic E-state index is 13.6. The smallest absolute Gasteiger partial charge is 0.338 e. The van der Waals surface area contributed by atoms with Gasteiger partial charge in [-0.2, -0.15) is 0 Å². The van der Waals surface area contributed by atoms with Crippen molar-refractivity contribution in [2.24, 2.45) is 0 Å². The van der Waals surface area contributed by atoms with Crippen molar-refractivity contribution in [1.82, 2.24) is 19.4 Å². The summed E-state index contributed by atoms with van der Waals surface area (Å²) in [6, 6.07) is 28.2. The summed E-state index contributed by atoms with van der Waals surface area (Å²) in [5.74, 6) is 0.729. The molecule has 46 heavy (non-hydrogen) atoms. The standard InChI is InChI=1S/C39H46N4O3/c1-27(2)46-38(45)30-11-9-10-29(24-30)37(44)41-21-18-39(19-22-41,31-12-5-4-6-13-31)20-23-42-32-16-17-33(42)26-34(25-32)43-28(3)40-35-14-7-8-15-36(35)43/h4-15,24,27,32-34H,16-23,25-26H2,1-3H3. The number of esters is 1. The van der Waals surface area contributed by atoms with Gasteiger partial charge in [0.05, 0.1) is 22.7 Å². The SMILES string of the molecule is Cc1nc2ccccc2n1C1CC2CCC(C1)N2CCC1(c2ccccc2)CCN(C(=O)c2cccc(C(=O)OC(C)C)c2)CC1. The number of rotatable bonds is 8. The number of hydrogen-bond donors (Lipinski definition) is 0. The van der Waals surface area contributed by atoms with Gasteiger partial charge in [-0.3, -0.25) is 9.69 Å². The molecule has 3 aliphatic rings. The molecule has 0 aliphatic carbocycles. The van der Waals surface area contributed by atoms with E-state index in [1.807, 2.05) is 18.7 Å². The van der Waals surface area contributed by atoms with Crippen LogP contribution < -0.4 is 0 Å².